The van der Waals surface area contributed by atoms with Crippen molar-refractivity contribution in [3.05, 3.63) is 11.9 Å². The first-order chi connectivity index (χ1) is 7.50. The van der Waals surface area contributed by atoms with E-state index in [1.54, 1.807) is 6.26 Å². The second kappa shape index (κ2) is 5.79. The molecule has 0 spiro atoms. The van der Waals surface area contributed by atoms with E-state index in [0.717, 1.165) is 17.8 Å². The van der Waals surface area contributed by atoms with Gasteiger partial charge in [-0.25, -0.2) is 9.97 Å². The number of hydrogen-bond donors (Lipinski definition) is 2. The molecular formula is C10H18N4OS. The average molecular weight is 242 g/mol. The lowest BCUT2D eigenvalue weighted by molar-refractivity contribution is 0.678. The molecule has 0 aliphatic heterocycles. The Labute approximate surface area is 98.3 Å². The highest BCUT2D eigenvalue weighted by molar-refractivity contribution is 7.84. The van der Waals surface area contributed by atoms with Crippen LogP contribution in [-0.4, -0.2) is 32.2 Å². The van der Waals surface area contributed by atoms with Crippen LogP contribution in [0, 0.1) is 6.92 Å². The number of nitrogens with one attached hydrogen (secondary N) is 1. The molecule has 0 aliphatic rings. The molecule has 1 rings (SSSR count). The van der Waals surface area contributed by atoms with E-state index in [-0.39, 0.29) is 6.04 Å². The van der Waals surface area contributed by atoms with E-state index in [1.165, 1.54) is 6.33 Å². The minimum Gasteiger partial charge on any atom is -0.383 e. The molecule has 1 heterocycles. The van der Waals surface area contributed by atoms with Gasteiger partial charge in [0, 0.05) is 34.4 Å². The molecule has 16 heavy (non-hydrogen) atoms. The highest BCUT2D eigenvalue weighted by Crippen LogP contribution is 2.16. The summed E-state index contributed by atoms with van der Waals surface area (Å²) in [6.45, 7) is 3.91. The van der Waals surface area contributed by atoms with E-state index < -0.39 is 10.8 Å². The molecular weight excluding hydrogens is 224 g/mol. The molecule has 5 nitrogen and oxygen atoms in total. The molecule has 90 valence electrons. The summed E-state index contributed by atoms with van der Waals surface area (Å²) in [5, 5.41) is 3.24. The number of anilines is 2. The third kappa shape index (κ3) is 3.77. The Bertz CT molecular complexity index is 383. The van der Waals surface area contributed by atoms with Crippen molar-refractivity contribution in [2.75, 3.05) is 23.1 Å². The van der Waals surface area contributed by atoms with E-state index in [0.29, 0.717) is 11.6 Å². The molecule has 1 aromatic heterocycles. The third-order valence-corrected chi connectivity index (χ3v) is 3.16. The maximum atomic E-state index is 11.0. The Morgan fingerprint density at radius 1 is 1.56 bits per heavy atom. The largest absolute Gasteiger partial charge is 0.383 e. The Kier molecular flexibility index (Phi) is 4.67. The van der Waals surface area contributed by atoms with E-state index in [2.05, 4.69) is 15.3 Å². The number of hydrogen-bond acceptors (Lipinski definition) is 5. The second-order valence-corrected chi connectivity index (χ2v) is 5.40. The van der Waals surface area contributed by atoms with Gasteiger partial charge in [0.05, 0.1) is 0 Å². The van der Waals surface area contributed by atoms with Gasteiger partial charge >= 0.3 is 0 Å². The number of nitrogens with two attached hydrogens (primary N) is 1. The zero-order valence-electron chi connectivity index (χ0n) is 9.86. The van der Waals surface area contributed by atoms with Crippen molar-refractivity contribution < 1.29 is 4.21 Å². The minimum absolute atomic E-state index is 0.219. The maximum Gasteiger partial charge on any atom is 0.134 e. The quantitative estimate of drug-likeness (QED) is 0.803. The lowest BCUT2D eigenvalue weighted by Gasteiger charge is -2.15. The van der Waals surface area contributed by atoms with Gasteiger partial charge in [-0.1, -0.05) is 0 Å². The zero-order valence-corrected chi connectivity index (χ0v) is 10.7. The molecule has 0 saturated heterocycles. The van der Waals surface area contributed by atoms with Gasteiger partial charge in [0.25, 0.3) is 0 Å². The summed E-state index contributed by atoms with van der Waals surface area (Å²) < 4.78 is 11.0. The van der Waals surface area contributed by atoms with Gasteiger partial charge in [-0.3, -0.25) is 4.21 Å². The fourth-order valence-electron chi connectivity index (χ4n) is 1.26. The predicted octanol–water partition coefficient (Wildman–Crippen LogP) is 0.936. The van der Waals surface area contributed by atoms with Crippen LogP contribution in [0.1, 0.15) is 18.9 Å². The van der Waals surface area contributed by atoms with E-state index in [9.17, 15) is 4.21 Å². The van der Waals surface area contributed by atoms with Crippen LogP contribution in [0.3, 0.4) is 0 Å². The first kappa shape index (κ1) is 12.9. The molecule has 1 aromatic rings. The summed E-state index contributed by atoms with van der Waals surface area (Å²) in [5.41, 5.74) is 6.53. The van der Waals surface area contributed by atoms with Crippen LogP contribution in [0.4, 0.5) is 11.6 Å². The summed E-state index contributed by atoms with van der Waals surface area (Å²) >= 11 is 0. The Balaban J connectivity index is 2.59. The fraction of sp³-hybridized carbons (Fsp3) is 0.600. The summed E-state index contributed by atoms with van der Waals surface area (Å²) in [6.07, 6.45) is 3.99. The van der Waals surface area contributed by atoms with E-state index >= 15 is 0 Å². The smallest absolute Gasteiger partial charge is 0.134 e. The van der Waals surface area contributed by atoms with Gasteiger partial charge in [0.1, 0.15) is 18.0 Å². The van der Waals surface area contributed by atoms with Gasteiger partial charge < -0.3 is 11.1 Å². The molecule has 0 aromatic carbocycles. The van der Waals surface area contributed by atoms with Crippen molar-refractivity contribution in [2.24, 2.45) is 0 Å². The molecule has 2 unspecified atom stereocenters. The molecule has 0 aliphatic carbocycles. The van der Waals surface area contributed by atoms with Crippen LogP contribution in [0.2, 0.25) is 0 Å². The summed E-state index contributed by atoms with van der Waals surface area (Å²) in [6, 6.07) is 0.219. The SMILES string of the molecule is Cc1c(N)ncnc1NC(C)CCS(C)=O. The minimum atomic E-state index is -0.751. The van der Waals surface area contributed by atoms with Gasteiger partial charge in [-0.2, -0.15) is 0 Å². The highest BCUT2D eigenvalue weighted by atomic mass is 32.2. The molecule has 0 fully saturated rings. The van der Waals surface area contributed by atoms with Crippen LogP contribution >= 0.6 is 0 Å². The third-order valence-electron chi connectivity index (χ3n) is 2.34. The van der Waals surface area contributed by atoms with Crippen molar-refractivity contribution in [3.8, 4) is 0 Å². The first-order valence-corrected chi connectivity index (χ1v) is 6.87. The zero-order chi connectivity index (χ0) is 12.1. The van der Waals surface area contributed by atoms with Gasteiger partial charge in [0.2, 0.25) is 0 Å². The number of rotatable bonds is 5. The molecule has 6 heteroatoms. The Morgan fingerprint density at radius 3 is 2.88 bits per heavy atom. The van der Waals surface area contributed by atoms with Gasteiger partial charge in [-0.05, 0) is 20.3 Å². The van der Waals surface area contributed by atoms with Crippen molar-refractivity contribution in [1.82, 2.24) is 9.97 Å². The molecule has 0 amide bonds. The van der Waals surface area contributed by atoms with Crippen LogP contribution in [0.15, 0.2) is 6.33 Å². The van der Waals surface area contributed by atoms with Crippen LogP contribution in [0.5, 0.6) is 0 Å². The monoisotopic (exact) mass is 242 g/mol. The van der Waals surface area contributed by atoms with Crippen molar-refractivity contribution in [2.45, 2.75) is 26.3 Å². The topological polar surface area (TPSA) is 80.9 Å². The summed E-state index contributed by atoms with van der Waals surface area (Å²) in [7, 11) is -0.751. The van der Waals surface area contributed by atoms with Gasteiger partial charge in [0.15, 0.2) is 0 Å². The van der Waals surface area contributed by atoms with Crippen molar-refractivity contribution in [3.63, 3.8) is 0 Å². The van der Waals surface area contributed by atoms with Crippen LogP contribution < -0.4 is 11.1 Å². The molecule has 2 atom stereocenters. The second-order valence-electron chi connectivity index (χ2n) is 3.84. The van der Waals surface area contributed by atoms with Crippen LogP contribution in [-0.2, 0) is 10.8 Å². The van der Waals surface area contributed by atoms with E-state index in [1.807, 2.05) is 13.8 Å². The Hall–Kier alpha value is -1.17. The molecule has 0 bridgehead atoms. The number of nitrogens with zero attached hydrogens (tertiary/aromatic N) is 2. The fourth-order valence-corrected chi connectivity index (χ4v) is 1.94. The predicted molar refractivity (Wildman–Crippen MR) is 67.8 cm³/mol. The lowest BCUT2D eigenvalue weighted by Crippen LogP contribution is -2.19. The van der Waals surface area contributed by atoms with Crippen LogP contribution in [0.25, 0.3) is 0 Å². The molecule has 3 N–H and O–H groups in total. The first-order valence-electron chi connectivity index (χ1n) is 5.14. The van der Waals surface area contributed by atoms with Crippen molar-refractivity contribution in [1.29, 1.82) is 0 Å². The number of nitrogen functional groups attached to an aromatic ring is 1. The molecule has 0 saturated carbocycles. The molecule has 0 radical (unpaired) electrons. The lowest BCUT2D eigenvalue weighted by atomic mass is 10.2. The van der Waals surface area contributed by atoms with Crippen molar-refractivity contribution >= 4 is 22.4 Å². The summed E-state index contributed by atoms with van der Waals surface area (Å²) in [5.74, 6) is 1.93. The Morgan fingerprint density at radius 2 is 2.25 bits per heavy atom. The highest BCUT2D eigenvalue weighted by Gasteiger charge is 2.08. The van der Waals surface area contributed by atoms with E-state index in [4.69, 9.17) is 5.73 Å². The van der Waals surface area contributed by atoms with Gasteiger partial charge in [-0.15, -0.1) is 0 Å². The summed E-state index contributed by atoms with van der Waals surface area (Å²) in [4.78, 5) is 8.03. The average Bonchev–Trinajstić information content (AvgIpc) is 2.22. The normalized spacial score (nSPS) is 14.4. The maximum absolute atomic E-state index is 11.0. The number of aromatic nitrogens is 2. The standard InChI is InChI=1S/C10H18N4OS/c1-7(4-5-16(3)15)14-10-8(2)9(11)12-6-13-10/h6-7H,4-5H2,1-3H3,(H3,11,12,13,14).